The highest BCUT2D eigenvalue weighted by molar-refractivity contribution is 5.74. The van der Waals surface area contributed by atoms with Crippen molar-refractivity contribution in [3.8, 4) is 0 Å². The predicted octanol–water partition coefficient (Wildman–Crippen LogP) is 1.91. The van der Waals surface area contributed by atoms with Gasteiger partial charge in [0.2, 0.25) is 0 Å². The number of amides is 2. The molecule has 0 aromatic carbocycles. The van der Waals surface area contributed by atoms with Crippen molar-refractivity contribution in [3.63, 3.8) is 0 Å². The van der Waals surface area contributed by atoms with Crippen molar-refractivity contribution >= 4 is 6.03 Å². The second-order valence-corrected chi connectivity index (χ2v) is 4.86. The highest BCUT2D eigenvalue weighted by Crippen LogP contribution is 2.16. The molecule has 0 saturated heterocycles. The summed E-state index contributed by atoms with van der Waals surface area (Å²) >= 11 is 0. The molecule has 2 rings (SSSR count). The second-order valence-electron chi connectivity index (χ2n) is 4.86. The lowest BCUT2D eigenvalue weighted by atomic mass is 9.96. The van der Waals surface area contributed by atoms with Gasteiger partial charge in [0.25, 0.3) is 0 Å². The summed E-state index contributed by atoms with van der Waals surface area (Å²) in [6.07, 6.45) is 10.6. The molecule has 0 aliphatic heterocycles. The normalized spacial score (nSPS) is 16.4. The smallest absolute Gasteiger partial charge is 0.315 e. The fourth-order valence-corrected chi connectivity index (χ4v) is 2.36. The largest absolute Gasteiger partial charge is 0.338 e. The first-order valence-corrected chi connectivity index (χ1v) is 6.86. The first-order chi connectivity index (χ1) is 8.84. The molecule has 0 atom stereocenters. The lowest BCUT2D eigenvalue weighted by Crippen LogP contribution is -2.43. The maximum Gasteiger partial charge on any atom is 0.315 e. The minimum Gasteiger partial charge on any atom is -0.338 e. The molecule has 1 aromatic rings. The molecule has 0 radical (unpaired) electrons. The molecule has 1 aliphatic carbocycles. The van der Waals surface area contributed by atoms with Crippen LogP contribution in [0.3, 0.4) is 0 Å². The van der Waals surface area contributed by atoms with Crippen molar-refractivity contribution in [2.75, 3.05) is 6.54 Å². The zero-order chi connectivity index (χ0) is 12.6. The van der Waals surface area contributed by atoms with E-state index in [2.05, 4.69) is 15.7 Å². The Balaban J connectivity index is 1.54. The van der Waals surface area contributed by atoms with Gasteiger partial charge in [0, 0.05) is 31.5 Å². The molecule has 2 N–H and O–H groups in total. The maximum atomic E-state index is 11.6. The molecule has 1 heterocycles. The molecule has 1 saturated carbocycles. The maximum absolute atomic E-state index is 11.6. The fourth-order valence-electron chi connectivity index (χ4n) is 2.36. The minimum absolute atomic E-state index is 0.0256. The van der Waals surface area contributed by atoms with E-state index >= 15 is 0 Å². The molecule has 0 bridgehead atoms. The average molecular weight is 250 g/mol. The van der Waals surface area contributed by atoms with Gasteiger partial charge in [-0.25, -0.2) is 4.79 Å². The molecule has 18 heavy (non-hydrogen) atoms. The number of carbonyl (C=O) groups is 1. The summed E-state index contributed by atoms with van der Waals surface area (Å²) in [6.45, 7) is 1.54. The molecule has 100 valence electrons. The van der Waals surface area contributed by atoms with E-state index < -0.39 is 0 Å². The summed E-state index contributed by atoms with van der Waals surface area (Å²) in [4.78, 5) is 11.6. The molecule has 1 fully saturated rings. The Morgan fingerprint density at radius 2 is 2.17 bits per heavy atom. The summed E-state index contributed by atoms with van der Waals surface area (Å²) in [5.74, 6) is 0. The van der Waals surface area contributed by atoms with Gasteiger partial charge in [0.05, 0.1) is 0 Å². The summed E-state index contributed by atoms with van der Waals surface area (Å²) in [6, 6.07) is 2.26. The number of aromatic nitrogens is 2. The number of hydrogen-bond donors (Lipinski definition) is 2. The van der Waals surface area contributed by atoms with Crippen LogP contribution in [0.2, 0.25) is 0 Å². The van der Waals surface area contributed by atoms with Crippen molar-refractivity contribution in [2.45, 2.75) is 51.1 Å². The van der Waals surface area contributed by atoms with Crippen molar-refractivity contribution in [2.24, 2.45) is 0 Å². The zero-order valence-electron chi connectivity index (χ0n) is 10.8. The Morgan fingerprint density at radius 1 is 1.33 bits per heavy atom. The standard InChI is InChI=1S/C13H22N4O/c18-13(16-12-6-2-1-3-7-12)14-8-4-10-17-11-5-9-15-17/h5,9,11-12H,1-4,6-8,10H2,(H2,14,16,18). The van der Waals surface area contributed by atoms with Crippen molar-refractivity contribution in [1.82, 2.24) is 20.4 Å². The Labute approximate surface area is 108 Å². The van der Waals surface area contributed by atoms with E-state index in [0.29, 0.717) is 12.6 Å². The highest BCUT2D eigenvalue weighted by Gasteiger charge is 2.14. The van der Waals surface area contributed by atoms with Gasteiger partial charge in [-0.15, -0.1) is 0 Å². The quantitative estimate of drug-likeness (QED) is 0.784. The molecule has 5 heteroatoms. The van der Waals surface area contributed by atoms with Crippen LogP contribution in [0.1, 0.15) is 38.5 Å². The molecular weight excluding hydrogens is 228 g/mol. The summed E-state index contributed by atoms with van der Waals surface area (Å²) in [7, 11) is 0. The Morgan fingerprint density at radius 3 is 2.89 bits per heavy atom. The fraction of sp³-hybridized carbons (Fsp3) is 0.692. The van der Waals surface area contributed by atoms with E-state index in [1.807, 2.05) is 16.9 Å². The van der Waals surface area contributed by atoms with Crippen molar-refractivity contribution in [3.05, 3.63) is 18.5 Å². The number of nitrogens with one attached hydrogen (secondary N) is 2. The molecule has 2 amide bonds. The van der Waals surface area contributed by atoms with Crippen LogP contribution >= 0.6 is 0 Å². The molecule has 5 nitrogen and oxygen atoms in total. The van der Waals surface area contributed by atoms with E-state index in [0.717, 1.165) is 25.8 Å². The SMILES string of the molecule is O=C(NCCCn1cccn1)NC1CCCCC1. The molecule has 0 spiro atoms. The zero-order valence-corrected chi connectivity index (χ0v) is 10.8. The van der Waals surface area contributed by atoms with Crippen LogP contribution in [0.4, 0.5) is 4.79 Å². The average Bonchev–Trinajstić information content (AvgIpc) is 2.89. The Kier molecular flexibility index (Phi) is 5.05. The summed E-state index contributed by atoms with van der Waals surface area (Å²) in [5.41, 5.74) is 0. The molecule has 0 unspecified atom stereocenters. The topological polar surface area (TPSA) is 59.0 Å². The van der Waals surface area contributed by atoms with Crippen LogP contribution in [-0.2, 0) is 6.54 Å². The van der Waals surface area contributed by atoms with Crippen molar-refractivity contribution < 1.29 is 4.79 Å². The van der Waals surface area contributed by atoms with Crippen LogP contribution in [0.5, 0.6) is 0 Å². The van der Waals surface area contributed by atoms with Gasteiger partial charge >= 0.3 is 6.03 Å². The number of rotatable bonds is 5. The lowest BCUT2D eigenvalue weighted by Gasteiger charge is -2.22. The van der Waals surface area contributed by atoms with Gasteiger partial charge in [-0.05, 0) is 25.3 Å². The van der Waals surface area contributed by atoms with E-state index in [9.17, 15) is 4.79 Å². The number of urea groups is 1. The van der Waals surface area contributed by atoms with Gasteiger partial charge in [0.1, 0.15) is 0 Å². The highest BCUT2D eigenvalue weighted by atomic mass is 16.2. The van der Waals surface area contributed by atoms with Gasteiger partial charge in [-0.3, -0.25) is 4.68 Å². The van der Waals surface area contributed by atoms with Crippen LogP contribution in [-0.4, -0.2) is 28.4 Å². The summed E-state index contributed by atoms with van der Waals surface area (Å²) < 4.78 is 1.88. The minimum atomic E-state index is -0.0256. The van der Waals surface area contributed by atoms with E-state index in [-0.39, 0.29) is 6.03 Å². The first kappa shape index (κ1) is 12.9. The number of carbonyl (C=O) groups excluding carboxylic acids is 1. The van der Waals surface area contributed by atoms with E-state index in [1.165, 1.54) is 19.3 Å². The van der Waals surface area contributed by atoms with E-state index in [4.69, 9.17) is 0 Å². The molecule has 1 aliphatic rings. The van der Waals surface area contributed by atoms with Gasteiger partial charge in [0.15, 0.2) is 0 Å². The van der Waals surface area contributed by atoms with E-state index in [1.54, 1.807) is 6.20 Å². The van der Waals surface area contributed by atoms with Crippen LogP contribution in [0, 0.1) is 0 Å². The monoisotopic (exact) mass is 250 g/mol. The number of nitrogens with zero attached hydrogens (tertiary/aromatic N) is 2. The Hall–Kier alpha value is -1.52. The second kappa shape index (κ2) is 7.03. The Bertz CT molecular complexity index is 344. The third kappa shape index (κ3) is 4.39. The lowest BCUT2D eigenvalue weighted by molar-refractivity contribution is 0.232. The third-order valence-corrected chi connectivity index (χ3v) is 3.35. The molecular formula is C13H22N4O. The van der Waals surface area contributed by atoms with Crippen LogP contribution < -0.4 is 10.6 Å². The van der Waals surface area contributed by atoms with Crippen molar-refractivity contribution in [1.29, 1.82) is 0 Å². The number of hydrogen-bond acceptors (Lipinski definition) is 2. The van der Waals surface area contributed by atoms with Crippen LogP contribution in [0.15, 0.2) is 18.5 Å². The van der Waals surface area contributed by atoms with Gasteiger partial charge in [-0.2, -0.15) is 5.10 Å². The van der Waals surface area contributed by atoms with Gasteiger partial charge < -0.3 is 10.6 Å². The summed E-state index contributed by atoms with van der Waals surface area (Å²) in [5, 5.41) is 10.1. The molecule has 1 aromatic heterocycles. The first-order valence-electron chi connectivity index (χ1n) is 6.86. The third-order valence-electron chi connectivity index (χ3n) is 3.35. The van der Waals surface area contributed by atoms with Gasteiger partial charge in [-0.1, -0.05) is 19.3 Å². The predicted molar refractivity (Wildman–Crippen MR) is 70.3 cm³/mol. The van der Waals surface area contributed by atoms with Crippen LogP contribution in [0.25, 0.3) is 0 Å². The number of aryl methyl sites for hydroxylation is 1.